The molecule has 72 valence electrons. The minimum Gasteiger partial charge on any atom is -0.271 e. The molecule has 1 aromatic heterocycles. The van der Waals surface area contributed by atoms with Crippen molar-refractivity contribution in [1.82, 2.24) is 15.0 Å². The van der Waals surface area contributed by atoms with E-state index in [4.69, 9.17) is 5.84 Å². The van der Waals surface area contributed by atoms with Crippen LogP contribution in [0.3, 0.4) is 0 Å². The first-order valence-electron chi connectivity index (χ1n) is 4.56. The highest BCUT2D eigenvalue weighted by molar-refractivity contribution is 7.05. The fourth-order valence-electron chi connectivity index (χ4n) is 1.49. The maximum atomic E-state index is 5.51. The fraction of sp³-hybridized carbons (Fsp3) is 0.750. The Morgan fingerprint density at radius 3 is 2.92 bits per heavy atom. The summed E-state index contributed by atoms with van der Waals surface area (Å²) in [6.45, 7) is 1.98. The normalized spacial score (nSPS) is 18.9. The molecule has 0 amide bonds. The lowest BCUT2D eigenvalue weighted by Gasteiger charge is -2.12. The van der Waals surface area contributed by atoms with E-state index in [0.717, 1.165) is 18.0 Å². The minimum absolute atomic E-state index is 0.257. The van der Waals surface area contributed by atoms with E-state index in [9.17, 15) is 0 Å². The van der Waals surface area contributed by atoms with Crippen molar-refractivity contribution in [3.8, 4) is 0 Å². The topological polar surface area (TPSA) is 63.8 Å². The maximum absolute atomic E-state index is 5.51. The zero-order valence-corrected chi connectivity index (χ0v) is 8.47. The van der Waals surface area contributed by atoms with Crippen LogP contribution in [-0.2, 0) is 0 Å². The Kier molecular flexibility index (Phi) is 2.57. The van der Waals surface area contributed by atoms with Crippen LogP contribution in [0.2, 0.25) is 0 Å². The minimum atomic E-state index is 0.257. The number of hydrogen-bond donors (Lipinski definition) is 2. The molecule has 1 aliphatic carbocycles. The molecule has 3 N–H and O–H groups in total. The van der Waals surface area contributed by atoms with Gasteiger partial charge in [0, 0.05) is 0 Å². The van der Waals surface area contributed by atoms with Crippen LogP contribution >= 0.6 is 11.5 Å². The van der Waals surface area contributed by atoms with Gasteiger partial charge >= 0.3 is 0 Å². The summed E-state index contributed by atoms with van der Waals surface area (Å²) in [6.07, 6.45) is 3.83. The summed E-state index contributed by atoms with van der Waals surface area (Å²) >= 11 is 1.45. The van der Waals surface area contributed by atoms with Crippen molar-refractivity contribution in [2.24, 2.45) is 11.8 Å². The zero-order chi connectivity index (χ0) is 9.26. The highest BCUT2D eigenvalue weighted by Crippen LogP contribution is 2.38. The number of nitrogens with one attached hydrogen (secondary N) is 1. The number of nitrogens with zero attached hydrogens (tertiary/aromatic N) is 2. The van der Waals surface area contributed by atoms with Gasteiger partial charge in [-0.3, -0.25) is 11.3 Å². The van der Waals surface area contributed by atoms with E-state index in [-0.39, 0.29) is 6.04 Å². The first-order chi connectivity index (χ1) is 6.31. The van der Waals surface area contributed by atoms with Crippen LogP contribution in [0.1, 0.15) is 35.9 Å². The summed E-state index contributed by atoms with van der Waals surface area (Å²) in [7, 11) is 0. The maximum Gasteiger partial charge on any atom is 0.0773 e. The summed E-state index contributed by atoms with van der Waals surface area (Å²) in [6, 6.07) is 0.257. The van der Waals surface area contributed by atoms with E-state index < -0.39 is 0 Å². The van der Waals surface area contributed by atoms with Gasteiger partial charge in [-0.25, -0.2) is 0 Å². The number of hydrazine groups is 1. The monoisotopic (exact) mass is 198 g/mol. The molecule has 5 heteroatoms. The average Bonchev–Trinajstić information content (AvgIpc) is 2.85. The Morgan fingerprint density at radius 2 is 2.46 bits per heavy atom. The molecular weight excluding hydrogens is 184 g/mol. The Hall–Kier alpha value is -0.520. The molecule has 0 saturated heterocycles. The summed E-state index contributed by atoms with van der Waals surface area (Å²) in [5.41, 5.74) is 3.86. The highest BCUT2D eigenvalue weighted by Gasteiger charge is 2.27. The van der Waals surface area contributed by atoms with Crippen LogP contribution in [0.15, 0.2) is 0 Å². The second-order valence-electron chi connectivity index (χ2n) is 3.62. The molecule has 4 nitrogen and oxygen atoms in total. The van der Waals surface area contributed by atoms with E-state index >= 15 is 0 Å². The van der Waals surface area contributed by atoms with E-state index in [2.05, 4.69) is 15.0 Å². The summed E-state index contributed by atoms with van der Waals surface area (Å²) in [5, 5.41) is 3.99. The molecule has 0 aromatic carbocycles. The third kappa shape index (κ3) is 2.04. The highest BCUT2D eigenvalue weighted by atomic mass is 32.1. The molecule has 0 aliphatic heterocycles. The molecule has 0 spiro atoms. The van der Waals surface area contributed by atoms with E-state index in [1.54, 1.807) is 0 Å². The van der Waals surface area contributed by atoms with Gasteiger partial charge in [0.2, 0.25) is 0 Å². The number of aromatic nitrogens is 2. The van der Waals surface area contributed by atoms with Crippen molar-refractivity contribution in [2.75, 3.05) is 0 Å². The predicted molar refractivity (Wildman–Crippen MR) is 52.1 cm³/mol. The molecule has 1 saturated carbocycles. The van der Waals surface area contributed by atoms with Crippen LogP contribution in [0.5, 0.6) is 0 Å². The van der Waals surface area contributed by atoms with Crippen LogP contribution in [0.4, 0.5) is 0 Å². The first kappa shape index (κ1) is 9.05. The number of rotatable bonds is 4. The lowest BCUT2D eigenvalue weighted by Crippen LogP contribution is -2.28. The van der Waals surface area contributed by atoms with Gasteiger partial charge in [0.1, 0.15) is 0 Å². The van der Waals surface area contributed by atoms with E-state index in [0.29, 0.717) is 0 Å². The summed E-state index contributed by atoms with van der Waals surface area (Å²) < 4.78 is 3.91. The third-order valence-electron chi connectivity index (χ3n) is 2.47. The molecule has 1 atom stereocenters. The zero-order valence-electron chi connectivity index (χ0n) is 7.66. The standard InChI is InChI=1S/C8H14N4S/c1-5-8(13-12-11-5)7(10-9)4-6-2-3-6/h6-7,10H,2-4,9H2,1H3. The van der Waals surface area contributed by atoms with Crippen molar-refractivity contribution in [1.29, 1.82) is 0 Å². The van der Waals surface area contributed by atoms with E-state index in [1.165, 1.54) is 29.3 Å². The van der Waals surface area contributed by atoms with Gasteiger partial charge in [-0.05, 0) is 30.8 Å². The van der Waals surface area contributed by atoms with Crippen molar-refractivity contribution in [3.63, 3.8) is 0 Å². The fourth-order valence-corrected chi connectivity index (χ4v) is 2.21. The van der Waals surface area contributed by atoms with Crippen LogP contribution in [0.25, 0.3) is 0 Å². The first-order valence-corrected chi connectivity index (χ1v) is 5.33. The average molecular weight is 198 g/mol. The SMILES string of the molecule is Cc1nnsc1C(CC1CC1)NN. The van der Waals surface area contributed by atoms with Crippen molar-refractivity contribution in [3.05, 3.63) is 10.6 Å². The lowest BCUT2D eigenvalue weighted by molar-refractivity contribution is 0.491. The quantitative estimate of drug-likeness (QED) is 0.562. The molecule has 1 heterocycles. The second kappa shape index (κ2) is 3.69. The molecule has 1 aromatic rings. The molecule has 0 bridgehead atoms. The van der Waals surface area contributed by atoms with Gasteiger partial charge in [-0.1, -0.05) is 17.3 Å². The summed E-state index contributed by atoms with van der Waals surface area (Å²) in [4.78, 5) is 1.19. The Labute approximate surface area is 81.7 Å². The molecule has 0 radical (unpaired) electrons. The van der Waals surface area contributed by atoms with Gasteiger partial charge in [0.25, 0.3) is 0 Å². The Morgan fingerprint density at radius 1 is 1.69 bits per heavy atom. The van der Waals surface area contributed by atoms with Crippen LogP contribution < -0.4 is 11.3 Å². The molecular formula is C8H14N4S. The number of hydrogen-bond acceptors (Lipinski definition) is 5. The summed E-state index contributed by atoms with van der Waals surface area (Å²) in [5.74, 6) is 6.37. The van der Waals surface area contributed by atoms with Gasteiger partial charge < -0.3 is 0 Å². The van der Waals surface area contributed by atoms with Crippen molar-refractivity contribution >= 4 is 11.5 Å². The number of aryl methyl sites for hydroxylation is 1. The number of nitrogens with two attached hydrogens (primary N) is 1. The van der Waals surface area contributed by atoms with Gasteiger partial charge in [0.05, 0.1) is 16.6 Å². The smallest absolute Gasteiger partial charge is 0.0773 e. The van der Waals surface area contributed by atoms with Gasteiger partial charge in [-0.15, -0.1) is 5.10 Å². The molecule has 1 fully saturated rings. The largest absolute Gasteiger partial charge is 0.271 e. The van der Waals surface area contributed by atoms with Crippen LogP contribution in [-0.4, -0.2) is 9.59 Å². The third-order valence-corrected chi connectivity index (χ3v) is 3.41. The second-order valence-corrected chi connectivity index (χ2v) is 4.41. The van der Waals surface area contributed by atoms with Crippen molar-refractivity contribution in [2.45, 2.75) is 32.2 Å². The lowest BCUT2D eigenvalue weighted by atomic mass is 10.1. The van der Waals surface area contributed by atoms with Crippen molar-refractivity contribution < 1.29 is 0 Å². The van der Waals surface area contributed by atoms with E-state index in [1.807, 2.05) is 6.92 Å². The molecule has 13 heavy (non-hydrogen) atoms. The molecule has 2 rings (SSSR count). The molecule has 1 unspecified atom stereocenters. The Bertz CT molecular complexity index is 281. The van der Waals surface area contributed by atoms with Gasteiger partial charge in [-0.2, -0.15) is 0 Å². The van der Waals surface area contributed by atoms with Gasteiger partial charge in [0.15, 0.2) is 0 Å². The predicted octanol–water partition coefficient (Wildman–Crippen LogP) is 1.15. The molecule has 1 aliphatic rings. The van der Waals surface area contributed by atoms with Crippen LogP contribution in [0, 0.1) is 12.8 Å². The Balaban J connectivity index is 2.06.